The lowest BCUT2D eigenvalue weighted by Crippen LogP contribution is -1.97. The Morgan fingerprint density at radius 3 is 2.09 bits per heavy atom. The average molecular weight is 231 g/mol. The number of hydrogen-bond donors (Lipinski definition) is 0. The van der Waals surface area contributed by atoms with E-state index < -0.39 is 14.6 Å². The zero-order valence-corrected chi connectivity index (χ0v) is 8.53. The third kappa shape index (κ3) is 1.81. The molecule has 0 aliphatic carbocycles. The van der Waals surface area contributed by atoms with E-state index in [0.29, 0.717) is 0 Å². The minimum atomic E-state index is -3.32. The molecule has 0 aliphatic heterocycles. The molecule has 0 N–H and O–H groups in total. The molecule has 7 heteroatoms. The van der Waals surface area contributed by atoms with Gasteiger partial charge in [0.25, 0.3) is 4.74 Å². The molecule has 11 heavy (non-hydrogen) atoms. The van der Waals surface area contributed by atoms with Crippen molar-refractivity contribution in [2.75, 3.05) is 6.26 Å². The van der Waals surface area contributed by atoms with Gasteiger partial charge in [0, 0.05) is 6.26 Å². The zero-order chi connectivity index (χ0) is 8.65. The molecule has 1 heterocycles. The van der Waals surface area contributed by atoms with Gasteiger partial charge in [-0.05, 0) is 10.3 Å². The van der Waals surface area contributed by atoms with Crippen LogP contribution in [-0.4, -0.2) is 14.7 Å². The first-order valence-corrected chi connectivity index (χ1v) is 6.83. The molecule has 0 amide bonds. The Kier molecular flexibility index (Phi) is 2.38. The Hall–Kier alpha value is 0.0900. The lowest BCUT2D eigenvalue weighted by molar-refractivity contribution is 0.604. The van der Waals surface area contributed by atoms with E-state index in [1.807, 2.05) is 0 Å². The Labute approximate surface area is 75.6 Å². The van der Waals surface area contributed by atoms with Crippen LogP contribution in [0.4, 0.5) is 0 Å². The molecular weight excluding hydrogens is 228 g/mol. The number of sulfone groups is 1. The van der Waals surface area contributed by atoms with Gasteiger partial charge < -0.3 is 0 Å². The van der Waals surface area contributed by atoms with Crippen molar-refractivity contribution in [2.24, 2.45) is 0 Å². The van der Waals surface area contributed by atoms with E-state index in [0.717, 1.165) is 26.9 Å². The van der Waals surface area contributed by atoms with Gasteiger partial charge in [-0.25, -0.2) is 8.42 Å². The second kappa shape index (κ2) is 2.85. The lowest BCUT2D eigenvalue weighted by atomic mass is 10.8. The summed E-state index contributed by atoms with van der Waals surface area (Å²) < 4.78 is 21.3. The fourth-order valence-corrected chi connectivity index (χ4v) is 5.29. The van der Waals surface area contributed by atoms with Crippen molar-refractivity contribution in [1.82, 2.24) is 0 Å². The molecule has 0 unspecified atom stereocenters. The van der Waals surface area contributed by atoms with Gasteiger partial charge in [0.05, 0.1) is 0 Å². The Balaban J connectivity index is 3.51. The number of halogens is 1. The standard InChI is InChI=1S/C4H3ClO3S3/c1-11(7,8)4-2(5)3(6)9-10-4/h1H3. The van der Waals surface area contributed by atoms with E-state index in [4.69, 9.17) is 11.6 Å². The number of hydrogen-bond acceptors (Lipinski definition) is 5. The molecule has 0 saturated heterocycles. The summed E-state index contributed by atoms with van der Waals surface area (Å²) in [6.45, 7) is 0. The topological polar surface area (TPSA) is 51.2 Å². The molecule has 0 atom stereocenters. The quantitative estimate of drug-likeness (QED) is 0.682. The first-order chi connectivity index (χ1) is 4.93. The Morgan fingerprint density at radius 1 is 1.36 bits per heavy atom. The van der Waals surface area contributed by atoms with Crippen LogP contribution in [0.15, 0.2) is 9.00 Å². The first-order valence-electron chi connectivity index (χ1n) is 2.41. The fourth-order valence-electron chi connectivity index (χ4n) is 0.457. The second-order valence-electron chi connectivity index (χ2n) is 1.83. The summed E-state index contributed by atoms with van der Waals surface area (Å²) in [7, 11) is -1.59. The molecule has 3 nitrogen and oxygen atoms in total. The Morgan fingerprint density at radius 2 is 1.91 bits per heavy atom. The molecular formula is C4H3ClO3S3. The highest BCUT2D eigenvalue weighted by Gasteiger charge is 2.17. The molecule has 0 spiro atoms. The summed E-state index contributed by atoms with van der Waals surface area (Å²) in [5.41, 5.74) is 0. The highest BCUT2D eigenvalue weighted by atomic mass is 35.5. The summed E-state index contributed by atoms with van der Waals surface area (Å²) in [5.74, 6) is 0. The van der Waals surface area contributed by atoms with Crippen LogP contribution >= 0.6 is 32.3 Å². The van der Waals surface area contributed by atoms with E-state index >= 15 is 0 Å². The molecule has 1 aromatic heterocycles. The normalized spacial score (nSPS) is 11.8. The summed E-state index contributed by atoms with van der Waals surface area (Å²) in [4.78, 5) is 10.7. The predicted octanol–water partition coefficient (Wildman–Crippen LogP) is 1.23. The van der Waals surface area contributed by atoms with E-state index in [1.54, 1.807) is 0 Å². The minimum Gasteiger partial charge on any atom is -0.275 e. The highest BCUT2D eigenvalue weighted by Crippen LogP contribution is 2.25. The maximum absolute atomic E-state index is 10.9. The summed E-state index contributed by atoms with van der Waals surface area (Å²) in [6, 6.07) is 0. The Bertz CT molecular complexity index is 412. The van der Waals surface area contributed by atoms with Crippen molar-refractivity contribution < 1.29 is 8.42 Å². The van der Waals surface area contributed by atoms with Crippen LogP contribution in [0.3, 0.4) is 0 Å². The van der Waals surface area contributed by atoms with Crippen molar-refractivity contribution in [3.05, 3.63) is 14.6 Å². The molecule has 0 fully saturated rings. The van der Waals surface area contributed by atoms with Gasteiger partial charge in [-0.15, -0.1) is 0 Å². The smallest absolute Gasteiger partial charge is 0.262 e. The fraction of sp³-hybridized carbons (Fsp3) is 0.250. The van der Waals surface area contributed by atoms with Crippen molar-refractivity contribution in [1.29, 1.82) is 0 Å². The molecule has 1 aromatic rings. The van der Waals surface area contributed by atoms with Crippen LogP contribution in [0.25, 0.3) is 0 Å². The van der Waals surface area contributed by atoms with Gasteiger partial charge in [-0.2, -0.15) is 0 Å². The van der Waals surface area contributed by atoms with Gasteiger partial charge in [0.15, 0.2) is 14.0 Å². The lowest BCUT2D eigenvalue weighted by Gasteiger charge is -1.88. The zero-order valence-electron chi connectivity index (χ0n) is 5.33. The van der Waals surface area contributed by atoms with Crippen LogP contribution in [0.1, 0.15) is 0 Å². The summed E-state index contributed by atoms with van der Waals surface area (Å²) in [6.07, 6.45) is 1.02. The van der Waals surface area contributed by atoms with Crippen LogP contribution < -0.4 is 4.74 Å². The summed E-state index contributed by atoms with van der Waals surface area (Å²) >= 11 is 5.42. The minimum absolute atomic E-state index is 0.0332. The number of rotatable bonds is 1. The van der Waals surface area contributed by atoms with Crippen molar-refractivity contribution >= 4 is 42.1 Å². The van der Waals surface area contributed by atoms with Gasteiger partial charge in [0.2, 0.25) is 0 Å². The van der Waals surface area contributed by atoms with E-state index in [1.165, 1.54) is 0 Å². The largest absolute Gasteiger partial charge is 0.275 e. The second-order valence-corrected chi connectivity index (χ2v) is 6.53. The van der Waals surface area contributed by atoms with Crippen LogP contribution in [-0.2, 0) is 9.84 Å². The van der Waals surface area contributed by atoms with Gasteiger partial charge >= 0.3 is 0 Å². The van der Waals surface area contributed by atoms with Gasteiger partial charge in [-0.3, -0.25) is 4.79 Å². The molecule has 0 radical (unpaired) electrons. The molecule has 62 valence electrons. The third-order valence-electron chi connectivity index (χ3n) is 0.888. The molecule has 1 rings (SSSR count). The third-order valence-corrected chi connectivity index (χ3v) is 5.94. The van der Waals surface area contributed by atoms with Crippen LogP contribution in [0.5, 0.6) is 0 Å². The van der Waals surface area contributed by atoms with Crippen molar-refractivity contribution in [2.45, 2.75) is 4.21 Å². The maximum Gasteiger partial charge on any atom is 0.262 e. The van der Waals surface area contributed by atoms with E-state index in [9.17, 15) is 13.2 Å². The van der Waals surface area contributed by atoms with Crippen LogP contribution in [0.2, 0.25) is 5.02 Å². The summed E-state index contributed by atoms with van der Waals surface area (Å²) in [5, 5.41) is -0.178. The van der Waals surface area contributed by atoms with E-state index in [2.05, 4.69) is 0 Å². The monoisotopic (exact) mass is 230 g/mol. The molecule has 0 bridgehead atoms. The molecule has 0 aromatic carbocycles. The molecule has 0 aliphatic rings. The first kappa shape index (κ1) is 9.18. The van der Waals surface area contributed by atoms with Gasteiger partial charge in [0.1, 0.15) is 5.02 Å². The van der Waals surface area contributed by atoms with Gasteiger partial charge in [-0.1, -0.05) is 21.9 Å². The molecule has 0 saturated carbocycles. The van der Waals surface area contributed by atoms with E-state index in [-0.39, 0.29) is 9.23 Å². The maximum atomic E-state index is 10.9. The van der Waals surface area contributed by atoms with Crippen molar-refractivity contribution in [3.8, 4) is 0 Å². The SMILES string of the molecule is CS(=O)(=O)c1ssc(=O)c1Cl. The van der Waals surface area contributed by atoms with Crippen LogP contribution in [0, 0.1) is 0 Å². The highest BCUT2D eigenvalue weighted by molar-refractivity contribution is 7.95. The predicted molar refractivity (Wildman–Crippen MR) is 46.6 cm³/mol. The van der Waals surface area contributed by atoms with Crippen molar-refractivity contribution in [3.63, 3.8) is 0 Å². The average Bonchev–Trinajstić information content (AvgIpc) is 2.11.